The zero-order chi connectivity index (χ0) is 6.53. The lowest BCUT2D eigenvalue weighted by molar-refractivity contribution is 0.808. The Balaban J connectivity index is 2.11. The van der Waals surface area contributed by atoms with E-state index < -0.39 is 0 Å². The lowest BCUT2D eigenvalue weighted by Crippen LogP contribution is -1.72. The van der Waals surface area contributed by atoms with Crippen LogP contribution < -0.4 is 0 Å². The van der Waals surface area contributed by atoms with Gasteiger partial charge in [-0.15, -0.1) is 11.8 Å². The molecule has 0 aromatic rings. The van der Waals surface area contributed by atoms with Gasteiger partial charge in [0.25, 0.3) is 0 Å². The number of hydrogen-bond donors (Lipinski definition) is 0. The van der Waals surface area contributed by atoms with E-state index >= 15 is 0 Å². The van der Waals surface area contributed by atoms with E-state index in [-0.39, 0.29) is 0 Å². The lowest BCUT2D eigenvalue weighted by atomic mass is 10.2. The minimum Gasteiger partial charge on any atom is -0.131 e. The van der Waals surface area contributed by atoms with Crippen LogP contribution in [0.3, 0.4) is 0 Å². The van der Waals surface area contributed by atoms with Gasteiger partial charge >= 0.3 is 0 Å². The molecule has 1 heterocycles. The van der Waals surface area contributed by atoms with Crippen LogP contribution >= 0.6 is 11.8 Å². The fourth-order valence-corrected chi connectivity index (χ4v) is 2.02. The van der Waals surface area contributed by atoms with Crippen LogP contribution in [0.1, 0.15) is 32.6 Å². The molecule has 0 spiro atoms. The highest BCUT2D eigenvalue weighted by molar-refractivity contribution is 8.03. The normalized spacial score (nSPS) is 18.1. The molecular formula is C8H14S. The summed E-state index contributed by atoms with van der Waals surface area (Å²) < 4.78 is 0. The zero-order valence-corrected chi connectivity index (χ0v) is 6.84. The molecule has 0 amide bonds. The summed E-state index contributed by atoms with van der Waals surface area (Å²) in [6, 6.07) is 0. The number of rotatable bonds is 3. The molecule has 0 bridgehead atoms. The van der Waals surface area contributed by atoms with E-state index in [9.17, 15) is 0 Å². The van der Waals surface area contributed by atoms with Gasteiger partial charge in [-0.3, -0.25) is 0 Å². The average molecular weight is 142 g/mol. The van der Waals surface area contributed by atoms with Crippen molar-refractivity contribution in [1.29, 1.82) is 0 Å². The molecule has 0 aromatic carbocycles. The number of unbranched alkanes of at least 4 members (excludes halogenated alkanes) is 1. The second kappa shape index (κ2) is 3.99. The first-order valence-electron chi connectivity index (χ1n) is 3.75. The van der Waals surface area contributed by atoms with Gasteiger partial charge in [-0.1, -0.05) is 19.4 Å². The molecule has 0 radical (unpaired) electrons. The number of allylic oxidation sites excluding steroid dienone is 2. The minimum absolute atomic E-state index is 1.31. The first-order valence-corrected chi connectivity index (χ1v) is 4.74. The molecule has 1 rings (SSSR count). The molecule has 1 heteroatoms. The highest BCUT2D eigenvalue weighted by Crippen LogP contribution is 2.28. The molecule has 0 unspecified atom stereocenters. The monoisotopic (exact) mass is 142 g/mol. The molecule has 0 saturated heterocycles. The van der Waals surface area contributed by atoms with Gasteiger partial charge in [0.2, 0.25) is 0 Å². The van der Waals surface area contributed by atoms with Gasteiger partial charge in [0, 0.05) is 5.75 Å². The summed E-state index contributed by atoms with van der Waals surface area (Å²) >= 11 is 2.04. The molecule has 0 aromatic heterocycles. The lowest BCUT2D eigenvalue weighted by Gasteiger charge is -1.96. The predicted molar refractivity (Wildman–Crippen MR) is 44.7 cm³/mol. The van der Waals surface area contributed by atoms with Crippen molar-refractivity contribution < 1.29 is 0 Å². The van der Waals surface area contributed by atoms with Gasteiger partial charge in [-0.05, 0) is 24.2 Å². The van der Waals surface area contributed by atoms with Gasteiger partial charge in [0.15, 0.2) is 0 Å². The third-order valence-electron chi connectivity index (χ3n) is 1.55. The van der Waals surface area contributed by atoms with Crippen molar-refractivity contribution in [3.05, 3.63) is 11.0 Å². The Hall–Kier alpha value is 0.0900. The molecule has 1 aliphatic rings. The SMILES string of the molecule is CCCCC1=CCCS1. The number of hydrogen-bond acceptors (Lipinski definition) is 1. The second-order valence-electron chi connectivity index (χ2n) is 2.41. The van der Waals surface area contributed by atoms with Crippen LogP contribution in [-0.2, 0) is 0 Å². The predicted octanol–water partition coefficient (Wildman–Crippen LogP) is 3.20. The van der Waals surface area contributed by atoms with Gasteiger partial charge < -0.3 is 0 Å². The van der Waals surface area contributed by atoms with Crippen LogP contribution in [0, 0.1) is 0 Å². The summed E-state index contributed by atoms with van der Waals surface area (Å²) in [6.07, 6.45) is 7.74. The number of thioether (sulfide) groups is 1. The highest BCUT2D eigenvalue weighted by Gasteiger charge is 2.02. The topological polar surface area (TPSA) is 0 Å². The van der Waals surface area contributed by atoms with Crippen LogP contribution in [0.4, 0.5) is 0 Å². The standard InChI is InChI=1S/C8H14S/c1-2-3-5-8-6-4-7-9-8/h6H,2-5,7H2,1H3. The Morgan fingerprint density at radius 1 is 1.67 bits per heavy atom. The van der Waals surface area contributed by atoms with E-state index in [1.165, 1.54) is 31.4 Å². The maximum absolute atomic E-state index is 2.39. The third-order valence-corrected chi connectivity index (χ3v) is 2.74. The summed E-state index contributed by atoms with van der Waals surface area (Å²) in [7, 11) is 0. The molecule has 1 aliphatic heterocycles. The van der Waals surface area contributed by atoms with E-state index in [4.69, 9.17) is 0 Å². The largest absolute Gasteiger partial charge is 0.131 e. The van der Waals surface area contributed by atoms with Crippen LogP contribution in [0.15, 0.2) is 11.0 Å². The Morgan fingerprint density at radius 2 is 2.56 bits per heavy atom. The molecule has 9 heavy (non-hydrogen) atoms. The van der Waals surface area contributed by atoms with E-state index in [1.54, 1.807) is 4.91 Å². The van der Waals surface area contributed by atoms with E-state index in [1.807, 2.05) is 11.8 Å². The molecule has 0 fully saturated rings. The summed E-state index contributed by atoms with van der Waals surface area (Å²) in [4.78, 5) is 1.64. The smallest absolute Gasteiger partial charge is 0.00117 e. The maximum Gasteiger partial charge on any atom is 0.00117 e. The molecule has 0 aliphatic carbocycles. The minimum atomic E-state index is 1.31. The fraction of sp³-hybridized carbons (Fsp3) is 0.750. The summed E-state index contributed by atoms with van der Waals surface area (Å²) in [5.41, 5.74) is 0. The van der Waals surface area contributed by atoms with Crippen molar-refractivity contribution >= 4 is 11.8 Å². The second-order valence-corrected chi connectivity index (χ2v) is 3.63. The summed E-state index contributed by atoms with van der Waals surface area (Å²) in [5, 5.41) is 0. The van der Waals surface area contributed by atoms with Crippen molar-refractivity contribution in [1.82, 2.24) is 0 Å². The molecule has 0 saturated carbocycles. The van der Waals surface area contributed by atoms with E-state index in [0.717, 1.165) is 0 Å². The molecule has 52 valence electrons. The van der Waals surface area contributed by atoms with Gasteiger partial charge in [0.05, 0.1) is 0 Å². The first-order chi connectivity index (χ1) is 4.43. The first kappa shape index (κ1) is 7.20. The van der Waals surface area contributed by atoms with E-state index in [2.05, 4.69) is 13.0 Å². The molecular weight excluding hydrogens is 128 g/mol. The van der Waals surface area contributed by atoms with Crippen molar-refractivity contribution in [3.8, 4) is 0 Å². The Morgan fingerprint density at radius 3 is 3.11 bits per heavy atom. The fourth-order valence-electron chi connectivity index (χ4n) is 0.994. The summed E-state index contributed by atoms with van der Waals surface area (Å²) in [5.74, 6) is 1.33. The Kier molecular flexibility index (Phi) is 3.20. The average Bonchev–Trinajstić information content (AvgIpc) is 2.34. The molecule has 0 N–H and O–H groups in total. The Labute approximate surface area is 61.7 Å². The quantitative estimate of drug-likeness (QED) is 0.583. The highest BCUT2D eigenvalue weighted by atomic mass is 32.2. The van der Waals surface area contributed by atoms with Gasteiger partial charge in [-0.25, -0.2) is 0 Å². The van der Waals surface area contributed by atoms with Crippen molar-refractivity contribution in [2.75, 3.05) is 5.75 Å². The van der Waals surface area contributed by atoms with Crippen LogP contribution in [0.5, 0.6) is 0 Å². The third kappa shape index (κ3) is 2.44. The van der Waals surface area contributed by atoms with Crippen molar-refractivity contribution in [2.45, 2.75) is 32.6 Å². The van der Waals surface area contributed by atoms with Gasteiger partial charge in [0.1, 0.15) is 0 Å². The zero-order valence-electron chi connectivity index (χ0n) is 6.02. The van der Waals surface area contributed by atoms with Crippen LogP contribution in [0.2, 0.25) is 0 Å². The van der Waals surface area contributed by atoms with Crippen molar-refractivity contribution in [2.24, 2.45) is 0 Å². The van der Waals surface area contributed by atoms with Crippen LogP contribution in [0.25, 0.3) is 0 Å². The van der Waals surface area contributed by atoms with Gasteiger partial charge in [-0.2, -0.15) is 0 Å². The van der Waals surface area contributed by atoms with Crippen molar-refractivity contribution in [3.63, 3.8) is 0 Å². The summed E-state index contributed by atoms with van der Waals surface area (Å²) in [6.45, 7) is 2.25. The van der Waals surface area contributed by atoms with E-state index in [0.29, 0.717) is 0 Å². The molecule has 0 nitrogen and oxygen atoms in total. The van der Waals surface area contributed by atoms with Crippen LogP contribution in [-0.4, -0.2) is 5.75 Å². The molecule has 0 atom stereocenters. The maximum atomic E-state index is 2.39. The Bertz CT molecular complexity index is 105.